The number of hydrogen-bond donors (Lipinski definition) is 1. The number of aromatic hydroxyl groups is 1. The molecular formula is C26H25NO4. The van der Waals surface area contributed by atoms with E-state index in [1.54, 1.807) is 30.5 Å². The molecule has 1 heterocycles. The van der Waals surface area contributed by atoms with Crippen LogP contribution in [0.4, 0.5) is 0 Å². The van der Waals surface area contributed by atoms with Gasteiger partial charge in [-0.15, -0.1) is 0 Å². The smallest absolute Gasteiger partial charge is 0.308 e. The van der Waals surface area contributed by atoms with Gasteiger partial charge in [0.2, 0.25) is 0 Å². The minimum Gasteiger partial charge on any atom is -0.508 e. The summed E-state index contributed by atoms with van der Waals surface area (Å²) in [7, 11) is 0. The fourth-order valence-corrected chi connectivity index (χ4v) is 3.79. The van der Waals surface area contributed by atoms with Crippen LogP contribution < -0.4 is 9.47 Å². The third kappa shape index (κ3) is 4.94. The molecule has 1 aromatic heterocycles. The van der Waals surface area contributed by atoms with E-state index < -0.39 is 5.97 Å². The van der Waals surface area contributed by atoms with E-state index in [2.05, 4.69) is 29.2 Å². The van der Waals surface area contributed by atoms with Gasteiger partial charge < -0.3 is 14.6 Å². The summed E-state index contributed by atoms with van der Waals surface area (Å²) in [5.41, 5.74) is 1.96. The molecule has 0 radical (unpaired) electrons. The number of carbonyl (C=O) groups excluding carboxylic acids is 1. The second kappa shape index (κ2) is 9.04. The molecule has 0 spiro atoms. The van der Waals surface area contributed by atoms with Crippen LogP contribution in [-0.2, 0) is 11.2 Å². The van der Waals surface area contributed by atoms with Gasteiger partial charge in [-0.3, -0.25) is 9.78 Å². The van der Waals surface area contributed by atoms with Crippen LogP contribution in [0.5, 0.6) is 17.2 Å². The minimum absolute atomic E-state index is 0.00385. The van der Waals surface area contributed by atoms with Gasteiger partial charge in [0, 0.05) is 36.0 Å². The van der Waals surface area contributed by atoms with Crippen molar-refractivity contribution in [3.63, 3.8) is 0 Å². The highest BCUT2D eigenvalue weighted by Gasteiger charge is 2.15. The molecular weight excluding hydrogens is 390 g/mol. The second-order valence-corrected chi connectivity index (χ2v) is 7.75. The van der Waals surface area contributed by atoms with Gasteiger partial charge in [0.05, 0.1) is 17.0 Å². The molecule has 0 bridgehead atoms. The summed E-state index contributed by atoms with van der Waals surface area (Å²) in [5.74, 6) is 0.691. The maximum absolute atomic E-state index is 11.7. The molecule has 4 aromatic rings. The predicted molar refractivity (Wildman–Crippen MR) is 122 cm³/mol. The number of hydrogen-bond acceptors (Lipinski definition) is 5. The lowest BCUT2D eigenvalue weighted by atomic mass is 10.0. The van der Waals surface area contributed by atoms with Crippen molar-refractivity contribution in [3.05, 3.63) is 72.4 Å². The zero-order chi connectivity index (χ0) is 21.8. The van der Waals surface area contributed by atoms with E-state index >= 15 is 0 Å². The molecule has 0 fully saturated rings. The van der Waals surface area contributed by atoms with E-state index in [1.807, 2.05) is 19.1 Å². The van der Waals surface area contributed by atoms with E-state index in [-0.39, 0.29) is 11.9 Å². The van der Waals surface area contributed by atoms with Gasteiger partial charge in [-0.1, -0.05) is 30.3 Å². The molecule has 1 N–H and O–H groups in total. The lowest BCUT2D eigenvalue weighted by Gasteiger charge is -2.17. The third-order valence-corrected chi connectivity index (χ3v) is 5.21. The van der Waals surface area contributed by atoms with Gasteiger partial charge >= 0.3 is 5.97 Å². The second-order valence-electron chi connectivity index (χ2n) is 7.75. The number of carbonyl (C=O) groups is 1. The van der Waals surface area contributed by atoms with Gasteiger partial charge in [-0.25, -0.2) is 0 Å². The zero-order valence-corrected chi connectivity index (χ0v) is 17.7. The van der Waals surface area contributed by atoms with Crippen LogP contribution in [0.15, 0.2) is 66.9 Å². The Balaban J connectivity index is 1.59. The highest BCUT2D eigenvalue weighted by molar-refractivity contribution is 6.10. The summed E-state index contributed by atoms with van der Waals surface area (Å²) in [6, 6.07) is 19.0. The van der Waals surface area contributed by atoms with Crippen LogP contribution in [0, 0.1) is 0 Å². The lowest BCUT2D eigenvalue weighted by Crippen LogP contribution is -2.12. The molecule has 0 unspecified atom stereocenters. The van der Waals surface area contributed by atoms with Crippen molar-refractivity contribution in [2.75, 3.05) is 0 Å². The summed E-state index contributed by atoms with van der Waals surface area (Å²) in [6.45, 7) is 3.40. The van der Waals surface area contributed by atoms with E-state index in [4.69, 9.17) is 9.47 Å². The molecule has 0 saturated heterocycles. The number of ether oxygens (including phenoxy) is 2. The van der Waals surface area contributed by atoms with E-state index in [9.17, 15) is 9.90 Å². The van der Waals surface area contributed by atoms with Gasteiger partial charge in [-0.2, -0.15) is 0 Å². The fourth-order valence-electron chi connectivity index (χ4n) is 3.79. The minimum atomic E-state index is -0.425. The molecule has 0 aliphatic carbocycles. The largest absolute Gasteiger partial charge is 0.508 e. The number of aromatic nitrogens is 1. The molecule has 1 atom stereocenters. The van der Waals surface area contributed by atoms with E-state index in [0.717, 1.165) is 30.0 Å². The Hall–Kier alpha value is -3.60. The number of phenolic OH excluding ortho intramolecular Hbond substituents is 1. The van der Waals surface area contributed by atoms with Gasteiger partial charge in [-0.05, 0) is 49.9 Å². The quantitative estimate of drug-likeness (QED) is 0.234. The molecule has 0 amide bonds. The number of pyridine rings is 1. The van der Waals surface area contributed by atoms with Crippen LogP contribution in [0.3, 0.4) is 0 Å². The Morgan fingerprint density at radius 3 is 2.68 bits per heavy atom. The average molecular weight is 415 g/mol. The monoisotopic (exact) mass is 415 g/mol. The van der Waals surface area contributed by atoms with Crippen molar-refractivity contribution in [2.45, 2.75) is 39.2 Å². The molecule has 0 aliphatic rings. The summed E-state index contributed by atoms with van der Waals surface area (Å²) in [5, 5.41) is 12.2. The van der Waals surface area contributed by atoms with Crippen LogP contribution in [0.1, 0.15) is 32.3 Å². The van der Waals surface area contributed by atoms with Gasteiger partial charge in [0.1, 0.15) is 17.2 Å². The van der Waals surface area contributed by atoms with Crippen molar-refractivity contribution in [1.29, 1.82) is 0 Å². The Kier molecular flexibility index (Phi) is 6.03. The van der Waals surface area contributed by atoms with E-state index in [0.29, 0.717) is 22.4 Å². The maximum atomic E-state index is 11.7. The van der Waals surface area contributed by atoms with Crippen molar-refractivity contribution in [1.82, 2.24) is 4.98 Å². The first kappa shape index (κ1) is 20.7. The molecule has 0 saturated carbocycles. The Bertz CT molecular complexity index is 1220. The first-order valence-corrected chi connectivity index (χ1v) is 10.4. The lowest BCUT2D eigenvalue weighted by molar-refractivity contribution is -0.131. The fraction of sp³-hybridized carbons (Fsp3) is 0.231. The molecule has 158 valence electrons. The summed E-state index contributed by atoms with van der Waals surface area (Å²) < 4.78 is 11.6. The first-order valence-electron chi connectivity index (χ1n) is 10.4. The van der Waals surface area contributed by atoms with Crippen LogP contribution in [-0.4, -0.2) is 22.2 Å². The van der Waals surface area contributed by atoms with Crippen molar-refractivity contribution < 1.29 is 19.4 Å². The normalized spacial score (nSPS) is 12.1. The molecule has 31 heavy (non-hydrogen) atoms. The number of esters is 1. The predicted octanol–water partition coefficient (Wildman–Crippen LogP) is 5.81. The van der Waals surface area contributed by atoms with Crippen LogP contribution in [0.25, 0.3) is 21.7 Å². The third-order valence-electron chi connectivity index (χ3n) is 5.21. The van der Waals surface area contributed by atoms with Crippen molar-refractivity contribution in [2.24, 2.45) is 0 Å². The van der Waals surface area contributed by atoms with Crippen molar-refractivity contribution in [3.8, 4) is 17.2 Å². The standard InChI is InChI=1S/C26H25NO4/c1-17(7-6-10-19-8-4-3-5-9-19)30-22-14-24-26(25(15-22)31-18(2)28)23-13-21(29)12-11-20(23)16-27-24/h3-5,8-9,11-17,29H,6-7,10H2,1-2H3/t17-/m1/s1. The highest BCUT2D eigenvalue weighted by Crippen LogP contribution is 2.37. The Labute approximate surface area is 181 Å². The van der Waals surface area contributed by atoms with Gasteiger partial charge in [0.15, 0.2) is 0 Å². The summed E-state index contributed by atoms with van der Waals surface area (Å²) in [6.07, 6.45) is 4.65. The number of aryl methyl sites for hydroxylation is 1. The molecule has 5 heteroatoms. The number of fused-ring (bicyclic) bond motifs is 3. The average Bonchev–Trinajstić information content (AvgIpc) is 2.73. The highest BCUT2D eigenvalue weighted by atomic mass is 16.5. The van der Waals surface area contributed by atoms with Crippen LogP contribution >= 0.6 is 0 Å². The molecule has 3 aromatic carbocycles. The Morgan fingerprint density at radius 1 is 1.10 bits per heavy atom. The Morgan fingerprint density at radius 2 is 1.90 bits per heavy atom. The van der Waals surface area contributed by atoms with Crippen molar-refractivity contribution >= 4 is 27.6 Å². The van der Waals surface area contributed by atoms with E-state index in [1.165, 1.54) is 12.5 Å². The number of nitrogens with zero attached hydrogens (tertiary/aromatic N) is 1. The summed E-state index contributed by atoms with van der Waals surface area (Å²) in [4.78, 5) is 16.3. The molecule has 4 rings (SSSR count). The first-order chi connectivity index (χ1) is 15.0. The topological polar surface area (TPSA) is 68.7 Å². The molecule has 0 aliphatic heterocycles. The van der Waals surface area contributed by atoms with Crippen LogP contribution in [0.2, 0.25) is 0 Å². The SMILES string of the molecule is CC(=O)Oc1cc(O[C@H](C)CCCc2ccccc2)cc2ncc3ccc(O)cc3c12. The van der Waals surface area contributed by atoms with Gasteiger partial charge in [0.25, 0.3) is 0 Å². The summed E-state index contributed by atoms with van der Waals surface area (Å²) >= 11 is 0. The number of phenols is 1. The maximum Gasteiger partial charge on any atom is 0.308 e. The number of benzene rings is 3. The number of rotatable bonds is 7. The zero-order valence-electron chi connectivity index (χ0n) is 17.7. The molecule has 5 nitrogen and oxygen atoms in total.